The van der Waals surface area contributed by atoms with Gasteiger partial charge < -0.3 is 9.64 Å². The molecule has 0 aromatic heterocycles. The van der Waals surface area contributed by atoms with Gasteiger partial charge in [-0.25, -0.2) is 0 Å². The van der Waals surface area contributed by atoms with Crippen molar-refractivity contribution in [1.29, 1.82) is 0 Å². The van der Waals surface area contributed by atoms with Crippen LogP contribution in [0, 0.1) is 0 Å². The zero-order valence-corrected chi connectivity index (χ0v) is 12.1. The maximum atomic E-state index is 12.5. The van der Waals surface area contributed by atoms with Gasteiger partial charge in [0.15, 0.2) is 0 Å². The van der Waals surface area contributed by atoms with Gasteiger partial charge in [0, 0.05) is 18.7 Å². The second-order valence-corrected chi connectivity index (χ2v) is 5.29. The largest absolute Gasteiger partial charge is 0.457 e. The Balaban J connectivity index is 1.67. The predicted molar refractivity (Wildman–Crippen MR) is 78.5 cm³/mol. The third kappa shape index (κ3) is 3.47. The van der Waals surface area contributed by atoms with Crippen molar-refractivity contribution in [2.45, 2.75) is 12.6 Å². The van der Waals surface area contributed by atoms with Gasteiger partial charge in [0.2, 0.25) is 0 Å². The summed E-state index contributed by atoms with van der Waals surface area (Å²) >= 11 is 0. The van der Waals surface area contributed by atoms with Crippen LogP contribution in [0.3, 0.4) is 0 Å². The van der Waals surface area contributed by atoms with Gasteiger partial charge in [0.05, 0.1) is 5.56 Å². The molecule has 120 valence electrons. The molecule has 0 bridgehead atoms. The molecule has 0 N–H and O–H groups in total. The molecule has 0 unspecified atom stereocenters. The molecule has 2 aromatic rings. The zero-order valence-electron chi connectivity index (χ0n) is 12.1. The molecule has 0 radical (unpaired) electrons. The molecule has 1 fully saturated rings. The van der Waals surface area contributed by atoms with Crippen molar-refractivity contribution in [3.63, 3.8) is 0 Å². The lowest BCUT2D eigenvalue weighted by atomic mass is 10.1. The van der Waals surface area contributed by atoms with Crippen LogP contribution in [0.15, 0.2) is 48.5 Å². The van der Waals surface area contributed by atoms with Crippen LogP contribution < -0.4 is 4.74 Å². The fourth-order valence-electron chi connectivity index (χ4n) is 2.22. The van der Waals surface area contributed by atoms with Crippen LogP contribution in [0.4, 0.5) is 13.2 Å². The van der Waals surface area contributed by atoms with Crippen molar-refractivity contribution in [2.24, 2.45) is 0 Å². The van der Waals surface area contributed by atoms with Crippen LogP contribution in [-0.4, -0.2) is 23.9 Å². The first-order valence-electron chi connectivity index (χ1n) is 7.18. The van der Waals surface area contributed by atoms with Gasteiger partial charge in [-0.1, -0.05) is 0 Å². The predicted octanol–water partition coefficient (Wildman–Crippen LogP) is 4.34. The minimum Gasteiger partial charge on any atom is -0.457 e. The van der Waals surface area contributed by atoms with E-state index in [9.17, 15) is 18.0 Å². The Kier molecular flexibility index (Phi) is 3.98. The van der Waals surface area contributed by atoms with Gasteiger partial charge in [0.25, 0.3) is 5.91 Å². The highest BCUT2D eigenvalue weighted by Gasteiger charge is 2.30. The zero-order chi connectivity index (χ0) is 16.4. The average Bonchev–Trinajstić information content (AvgIpc) is 2.46. The first-order chi connectivity index (χ1) is 10.9. The Labute approximate surface area is 131 Å². The molecule has 1 aliphatic rings. The first kappa shape index (κ1) is 15.4. The molecule has 23 heavy (non-hydrogen) atoms. The lowest BCUT2D eigenvalue weighted by Gasteiger charge is -2.30. The highest BCUT2D eigenvalue weighted by atomic mass is 19.4. The molecule has 6 heteroatoms. The Morgan fingerprint density at radius 1 is 0.913 bits per heavy atom. The molecular weight excluding hydrogens is 307 g/mol. The number of amides is 1. The molecular formula is C17H14F3NO2. The van der Waals surface area contributed by atoms with E-state index < -0.39 is 11.7 Å². The quantitative estimate of drug-likeness (QED) is 0.841. The Hall–Kier alpha value is -2.50. The molecule has 3 rings (SSSR count). The van der Waals surface area contributed by atoms with Gasteiger partial charge in [-0.15, -0.1) is 0 Å². The molecule has 2 aromatic carbocycles. The number of likely N-dealkylation sites (tertiary alicyclic amines) is 1. The van der Waals surface area contributed by atoms with Crippen molar-refractivity contribution in [1.82, 2.24) is 4.90 Å². The van der Waals surface area contributed by atoms with E-state index in [2.05, 4.69) is 0 Å². The van der Waals surface area contributed by atoms with Crippen LogP contribution in [0.5, 0.6) is 11.5 Å². The van der Waals surface area contributed by atoms with Crippen LogP contribution >= 0.6 is 0 Å². The molecule has 0 atom stereocenters. The summed E-state index contributed by atoms with van der Waals surface area (Å²) in [6.07, 6.45) is -3.34. The van der Waals surface area contributed by atoms with E-state index in [-0.39, 0.29) is 5.91 Å². The maximum Gasteiger partial charge on any atom is 0.416 e. The SMILES string of the molecule is O=C(c1ccc(Oc2ccc(C(F)(F)F)cc2)cc1)N1CCC1. The Morgan fingerprint density at radius 3 is 1.87 bits per heavy atom. The maximum absolute atomic E-state index is 12.5. The topological polar surface area (TPSA) is 29.5 Å². The normalized spacial score (nSPS) is 14.3. The fourth-order valence-corrected chi connectivity index (χ4v) is 2.22. The third-order valence-electron chi connectivity index (χ3n) is 3.66. The highest BCUT2D eigenvalue weighted by molar-refractivity contribution is 5.94. The summed E-state index contributed by atoms with van der Waals surface area (Å²) in [4.78, 5) is 13.8. The number of ether oxygens (including phenoxy) is 1. The summed E-state index contributed by atoms with van der Waals surface area (Å²) in [5.74, 6) is 0.752. The molecule has 1 heterocycles. The molecule has 1 saturated heterocycles. The minimum absolute atomic E-state index is 0.0164. The van der Waals surface area contributed by atoms with Crippen molar-refractivity contribution in [3.8, 4) is 11.5 Å². The van der Waals surface area contributed by atoms with Crippen molar-refractivity contribution in [3.05, 3.63) is 59.7 Å². The van der Waals surface area contributed by atoms with Crippen LogP contribution in [-0.2, 0) is 6.18 Å². The molecule has 0 spiro atoms. The number of alkyl halides is 3. The number of carbonyl (C=O) groups is 1. The van der Waals surface area contributed by atoms with E-state index in [1.807, 2.05) is 0 Å². The number of halogens is 3. The number of hydrogen-bond acceptors (Lipinski definition) is 2. The van der Waals surface area contributed by atoms with Gasteiger partial charge >= 0.3 is 6.18 Å². The molecule has 1 amide bonds. The van der Waals surface area contributed by atoms with Crippen molar-refractivity contribution >= 4 is 5.91 Å². The van der Waals surface area contributed by atoms with Gasteiger partial charge in [-0.2, -0.15) is 13.2 Å². The van der Waals surface area contributed by atoms with E-state index in [0.29, 0.717) is 17.1 Å². The number of nitrogens with zero attached hydrogens (tertiary/aromatic N) is 1. The van der Waals surface area contributed by atoms with E-state index in [0.717, 1.165) is 31.6 Å². The number of benzene rings is 2. The standard InChI is InChI=1S/C17H14F3NO2/c18-17(19,20)13-4-8-15(9-5-13)23-14-6-2-12(3-7-14)16(22)21-10-1-11-21/h2-9H,1,10-11H2. The summed E-state index contributed by atoms with van der Waals surface area (Å²) in [5, 5.41) is 0. The summed E-state index contributed by atoms with van der Waals surface area (Å²) in [6.45, 7) is 1.56. The first-order valence-corrected chi connectivity index (χ1v) is 7.18. The lowest BCUT2D eigenvalue weighted by molar-refractivity contribution is -0.137. The summed E-state index contributed by atoms with van der Waals surface area (Å²) in [7, 11) is 0. The second kappa shape index (κ2) is 5.95. The van der Waals surface area contributed by atoms with Crippen LogP contribution in [0.1, 0.15) is 22.3 Å². The smallest absolute Gasteiger partial charge is 0.416 e. The van der Waals surface area contributed by atoms with E-state index in [1.54, 1.807) is 29.2 Å². The summed E-state index contributed by atoms with van der Waals surface area (Å²) < 4.78 is 43.0. The van der Waals surface area contributed by atoms with Crippen molar-refractivity contribution in [2.75, 3.05) is 13.1 Å². The Bertz CT molecular complexity index is 689. The van der Waals surface area contributed by atoms with E-state index in [1.165, 1.54) is 12.1 Å². The van der Waals surface area contributed by atoms with E-state index >= 15 is 0 Å². The average molecular weight is 321 g/mol. The van der Waals surface area contributed by atoms with Gasteiger partial charge in [-0.3, -0.25) is 4.79 Å². The lowest BCUT2D eigenvalue weighted by Crippen LogP contribution is -2.41. The number of rotatable bonds is 3. The Morgan fingerprint density at radius 2 is 1.43 bits per heavy atom. The molecule has 0 aliphatic carbocycles. The summed E-state index contributed by atoms with van der Waals surface area (Å²) in [5.41, 5.74) is -0.148. The molecule has 3 nitrogen and oxygen atoms in total. The van der Waals surface area contributed by atoms with Crippen LogP contribution in [0.25, 0.3) is 0 Å². The minimum atomic E-state index is -4.36. The fraction of sp³-hybridized carbons (Fsp3) is 0.235. The molecule has 1 aliphatic heterocycles. The summed E-state index contributed by atoms with van der Waals surface area (Å²) in [6, 6.07) is 11.0. The number of hydrogen-bond donors (Lipinski definition) is 0. The monoisotopic (exact) mass is 321 g/mol. The van der Waals surface area contributed by atoms with E-state index in [4.69, 9.17) is 4.74 Å². The van der Waals surface area contributed by atoms with Gasteiger partial charge in [-0.05, 0) is 55.0 Å². The highest BCUT2D eigenvalue weighted by Crippen LogP contribution is 2.31. The van der Waals surface area contributed by atoms with Crippen molar-refractivity contribution < 1.29 is 22.7 Å². The molecule has 0 saturated carbocycles. The third-order valence-corrected chi connectivity index (χ3v) is 3.66. The van der Waals surface area contributed by atoms with Gasteiger partial charge in [0.1, 0.15) is 11.5 Å². The second-order valence-electron chi connectivity index (χ2n) is 5.29. The number of carbonyl (C=O) groups excluding carboxylic acids is 1. The van der Waals surface area contributed by atoms with Crippen LogP contribution in [0.2, 0.25) is 0 Å².